The second kappa shape index (κ2) is 37.0. The van der Waals surface area contributed by atoms with Crippen LogP contribution >= 0.6 is 0 Å². The minimum absolute atomic E-state index is 0. The number of hydrogen-bond donors (Lipinski definition) is 0. The van der Waals surface area contributed by atoms with E-state index in [1.165, 1.54) is 64.2 Å². The van der Waals surface area contributed by atoms with Gasteiger partial charge in [0, 0.05) is 0 Å². The Balaban J connectivity index is -0.000000102. The van der Waals surface area contributed by atoms with E-state index < -0.39 is 0 Å². The second-order valence-electron chi connectivity index (χ2n) is 5.21. The molecule has 0 aromatic carbocycles. The van der Waals surface area contributed by atoms with Crippen molar-refractivity contribution < 1.29 is 0 Å². The van der Waals surface area contributed by atoms with Gasteiger partial charge in [-0.2, -0.15) is 12.8 Å². The molecule has 0 unspecified atom stereocenters. The number of allylic oxidation sites excluding steroid dienone is 1. The van der Waals surface area contributed by atoms with Crippen molar-refractivity contribution in [1.82, 2.24) is 0 Å². The zero-order valence-electron chi connectivity index (χ0n) is 15.3. The topological polar surface area (TPSA) is 0 Å². The van der Waals surface area contributed by atoms with Crippen molar-refractivity contribution in [1.29, 1.82) is 0 Å². The largest absolute Gasteiger partial charge is 3.00 e. The van der Waals surface area contributed by atoms with E-state index in [0.29, 0.717) is 0 Å². The normalized spacial score (nSPS) is 8.62. The van der Waals surface area contributed by atoms with Gasteiger partial charge < -0.3 is 20.4 Å². The minimum atomic E-state index is 0. The third-order valence-corrected chi connectivity index (χ3v) is 2.93. The fraction of sp³-hybridized carbons (Fsp3) is 0.800. The summed E-state index contributed by atoms with van der Waals surface area (Å²) in [5, 5.41) is 0. The van der Waals surface area contributed by atoms with Crippen LogP contribution in [0.15, 0.2) is 6.08 Å². The van der Waals surface area contributed by atoms with Crippen molar-refractivity contribution in [3.63, 3.8) is 0 Å². The smallest absolute Gasteiger partial charge is 0.518 e. The monoisotopic (exact) mass is 308 g/mol. The molecule has 0 radical (unpaired) electrons. The van der Waals surface area contributed by atoms with Crippen molar-refractivity contribution in [2.75, 3.05) is 0 Å². The van der Waals surface area contributed by atoms with E-state index >= 15 is 0 Å². The first-order chi connectivity index (χ1) is 9.74. The zero-order chi connectivity index (χ0) is 15.9. The van der Waals surface area contributed by atoms with E-state index in [4.69, 9.17) is 6.58 Å². The van der Waals surface area contributed by atoms with Crippen LogP contribution in [0, 0.1) is 20.4 Å². The Hall–Kier alpha value is 0.272. The molecule has 0 amide bonds. The standard InChI is InChI=1S/C8H15.2C6H13.Al/c1-3-5-7-8-6-4-2;2*1-3-5-6-4-2;/h1,3H,4-8H2,2H3;2*1,3-6H2,2H3;/q3*-1;+3. The third-order valence-electron chi connectivity index (χ3n) is 2.93. The Morgan fingerprint density at radius 3 is 1.29 bits per heavy atom. The predicted octanol–water partition coefficient (Wildman–Crippen LogP) is 7.37. The average Bonchev–Trinajstić information content (AvgIpc) is 2.49. The van der Waals surface area contributed by atoms with Crippen LogP contribution in [-0.2, 0) is 0 Å². The van der Waals surface area contributed by atoms with Gasteiger partial charge in [0.05, 0.1) is 0 Å². The van der Waals surface area contributed by atoms with Crippen LogP contribution in [0.25, 0.3) is 0 Å². The van der Waals surface area contributed by atoms with Crippen molar-refractivity contribution in [3.8, 4) is 0 Å². The molecule has 0 aromatic rings. The molecule has 0 aliphatic rings. The number of rotatable bonds is 11. The molecule has 0 saturated heterocycles. The summed E-state index contributed by atoms with van der Waals surface area (Å²) < 4.78 is 0. The molecular weight excluding hydrogens is 267 g/mol. The molecule has 0 N–H and O–H groups in total. The Kier molecular flexibility index (Phi) is 51.6. The van der Waals surface area contributed by atoms with Gasteiger partial charge in [-0.1, -0.05) is 91.4 Å². The maximum absolute atomic E-state index is 5.19. The summed E-state index contributed by atoms with van der Waals surface area (Å²) in [6.07, 6.45) is 18.2. The maximum atomic E-state index is 5.19. The van der Waals surface area contributed by atoms with Crippen LogP contribution in [0.4, 0.5) is 0 Å². The Bertz CT molecular complexity index is 116. The zero-order valence-corrected chi connectivity index (χ0v) is 16.5. The molecule has 0 bridgehead atoms. The fourth-order valence-corrected chi connectivity index (χ4v) is 1.54. The Labute approximate surface area is 148 Å². The van der Waals surface area contributed by atoms with Crippen molar-refractivity contribution in [2.45, 2.75) is 104 Å². The molecule has 124 valence electrons. The van der Waals surface area contributed by atoms with Gasteiger partial charge in [0.2, 0.25) is 0 Å². The summed E-state index contributed by atoms with van der Waals surface area (Å²) >= 11 is 0. The first kappa shape index (κ1) is 29.3. The first-order valence-corrected chi connectivity index (χ1v) is 8.86. The van der Waals surface area contributed by atoms with Gasteiger partial charge in [-0.3, -0.25) is 6.08 Å². The molecule has 1 heteroatoms. The van der Waals surface area contributed by atoms with E-state index in [-0.39, 0.29) is 17.4 Å². The average molecular weight is 309 g/mol. The van der Waals surface area contributed by atoms with Crippen molar-refractivity contribution in [3.05, 3.63) is 26.5 Å². The molecule has 0 rings (SSSR count). The van der Waals surface area contributed by atoms with Gasteiger partial charge >= 0.3 is 17.4 Å². The van der Waals surface area contributed by atoms with Crippen LogP contribution in [-0.4, -0.2) is 17.4 Å². The maximum Gasteiger partial charge on any atom is 3.00 e. The fourth-order valence-electron chi connectivity index (χ4n) is 1.54. The predicted molar refractivity (Wildman–Crippen MR) is 102 cm³/mol. The van der Waals surface area contributed by atoms with Crippen molar-refractivity contribution in [2.24, 2.45) is 0 Å². The van der Waals surface area contributed by atoms with Crippen LogP contribution in [0.5, 0.6) is 0 Å². The summed E-state index contributed by atoms with van der Waals surface area (Å²) in [6.45, 7) is 19.3. The van der Waals surface area contributed by atoms with Crippen LogP contribution in [0.3, 0.4) is 0 Å². The van der Waals surface area contributed by atoms with Gasteiger partial charge in [-0.05, 0) is 0 Å². The van der Waals surface area contributed by atoms with E-state index in [2.05, 4.69) is 34.6 Å². The summed E-state index contributed by atoms with van der Waals surface area (Å²) in [5.74, 6) is 0. The Morgan fingerprint density at radius 1 is 0.667 bits per heavy atom. The van der Waals surface area contributed by atoms with Gasteiger partial charge in [-0.25, -0.2) is 0 Å². The molecule has 0 atom stereocenters. The molecule has 0 nitrogen and oxygen atoms in total. The Morgan fingerprint density at radius 2 is 1.05 bits per heavy atom. The molecule has 0 heterocycles. The van der Waals surface area contributed by atoms with E-state index in [9.17, 15) is 0 Å². The second-order valence-corrected chi connectivity index (χ2v) is 5.21. The molecule has 0 aliphatic heterocycles. The third kappa shape index (κ3) is 53.3. The number of unbranched alkanes of at least 4 members (excludes halogenated alkanes) is 10. The molecule has 0 aromatic heterocycles. The van der Waals surface area contributed by atoms with Gasteiger partial charge in [0.15, 0.2) is 0 Å². The van der Waals surface area contributed by atoms with Crippen molar-refractivity contribution >= 4 is 17.4 Å². The van der Waals surface area contributed by atoms with Gasteiger partial charge in [0.1, 0.15) is 0 Å². The van der Waals surface area contributed by atoms with Crippen LogP contribution in [0.2, 0.25) is 0 Å². The van der Waals surface area contributed by atoms with Crippen LogP contribution in [0.1, 0.15) is 104 Å². The molecule has 0 fully saturated rings. The van der Waals surface area contributed by atoms with E-state index in [1.807, 2.05) is 0 Å². The summed E-state index contributed by atoms with van der Waals surface area (Å²) in [6, 6.07) is 0. The molecule has 0 spiro atoms. The molecule has 21 heavy (non-hydrogen) atoms. The molecule has 0 aliphatic carbocycles. The summed E-state index contributed by atoms with van der Waals surface area (Å²) in [5.41, 5.74) is 0. The van der Waals surface area contributed by atoms with Crippen LogP contribution < -0.4 is 0 Å². The van der Waals surface area contributed by atoms with Gasteiger partial charge in [0.25, 0.3) is 0 Å². The van der Waals surface area contributed by atoms with E-state index in [0.717, 1.165) is 19.3 Å². The van der Waals surface area contributed by atoms with Gasteiger partial charge in [-0.15, -0.1) is 0 Å². The molecule has 0 saturated carbocycles. The number of hydrogen-bond acceptors (Lipinski definition) is 0. The molecular formula is C20H41Al. The summed E-state index contributed by atoms with van der Waals surface area (Å²) in [4.78, 5) is 0. The first-order valence-electron chi connectivity index (χ1n) is 8.86. The quantitative estimate of drug-likeness (QED) is 0.212. The minimum Gasteiger partial charge on any atom is -0.518 e. The summed E-state index contributed by atoms with van der Waals surface area (Å²) in [7, 11) is 0. The van der Waals surface area contributed by atoms with E-state index in [1.54, 1.807) is 6.08 Å². The SMILES string of the molecule is [Al+3].[CH-]=CCCCCCC.[CH2-]CCCCC.[CH2-]CCCCC.